The first-order valence-corrected chi connectivity index (χ1v) is 13.0. The molecule has 12 heteroatoms. The third kappa shape index (κ3) is 5.31. The number of alkyl halides is 3. The van der Waals surface area contributed by atoms with E-state index in [1.165, 1.54) is 11.5 Å². The van der Waals surface area contributed by atoms with Crippen molar-refractivity contribution in [3.8, 4) is 0 Å². The van der Waals surface area contributed by atoms with Gasteiger partial charge in [-0.1, -0.05) is 6.08 Å². The van der Waals surface area contributed by atoms with Gasteiger partial charge in [-0.2, -0.15) is 18.3 Å². The van der Waals surface area contributed by atoms with Gasteiger partial charge < -0.3 is 9.84 Å². The van der Waals surface area contributed by atoms with E-state index in [4.69, 9.17) is 4.74 Å². The lowest BCUT2D eigenvalue weighted by Gasteiger charge is -2.26. The molecule has 1 aromatic carbocycles. The van der Waals surface area contributed by atoms with Gasteiger partial charge in [-0.05, 0) is 49.7 Å². The predicted molar refractivity (Wildman–Crippen MR) is 125 cm³/mol. The highest BCUT2D eigenvalue weighted by atomic mass is 32.2. The topological polar surface area (TPSA) is 101 Å². The van der Waals surface area contributed by atoms with E-state index in [9.17, 15) is 26.7 Å². The van der Waals surface area contributed by atoms with Crippen molar-refractivity contribution in [1.29, 1.82) is 0 Å². The van der Waals surface area contributed by atoms with Gasteiger partial charge in [-0.3, -0.25) is 14.6 Å². The molecule has 1 fully saturated rings. The van der Waals surface area contributed by atoms with Crippen LogP contribution in [0.25, 0.3) is 10.9 Å². The summed E-state index contributed by atoms with van der Waals surface area (Å²) in [6.45, 7) is 3.92. The van der Waals surface area contributed by atoms with Gasteiger partial charge in [0, 0.05) is 35.8 Å². The molecular weight excluding hydrogens is 497 g/mol. The van der Waals surface area contributed by atoms with Crippen molar-refractivity contribution < 1.29 is 31.4 Å². The van der Waals surface area contributed by atoms with Crippen LogP contribution in [0.3, 0.4) is 0 Å². The smallest absolute Gasteiger partial charge is 0.384 e. The number of aliphatic hydroxyl groups is 1. The number of fused-ring (bicyclic) bond motifs is 1. The first-order valence-electron chi connectivity index (χ1n) is 11.3. The minimum Gasteiger partial charge on any atom is -0.384 e. The summed E-state index contributed by atoms with van der Waals surface area (Å²) >= 11 is 0. The molecule has 1 N–H and O–H groups in total. The molecule has 0 spiro atoms. The molecule has 1 saturated heterocycles. The van der Waals surface area contributed by atoms with Crippen LogP contribution in [0.2, 0.25) is 0 Å². The van der Waals surface area contributed by atoms with Crippen LogP contribution in [-0.4, -0.2) is 57.3 Å². The molecule has 2 aliphatic heterocycles. The summed E-state index contributed by atoms with van der Waals surface area (Å²) in [7, 11) is -3.32. The molecular formula is C24H25F3N4O4S. The molecule has 3 atom stereocenters. The van der Waals surface area contributed by atoms with Crippen LogP contribution in [0.5, 0.6) is 0 Å². The van der Waals surface area contributed by atoms with Crippen molar-refractivity contribution in [1.82, 2.24) is 19.7 Å². The molecule has 3 aromatic rings. The molecule has 4 heterocycles. The van der Waals surface area contributed by atoms with Crippen molar-refractivity contribution in [3.05, 3.63) is 71.0 Å². The van der Waals surface area contributed by atoms with E-state index in [1.807, 2.05) is 4.90 Å². The second-order valence-corrected chi connectivity index (χ2v) is 11.6. The normalized spacial score (nSPS) is 23.6. The van der Waals surface area contributed by atoms with Gasteiger partial charge in [-0.25, -0.2) is 8.42 Å². The van der Waals surface area contributed by atoms with Crippen molar-refractivity contribution in [2.75, 3.05) is 5.75 Å². The van der Waals surface area contributed by atoms with Gasteiger partial charge in [0.15, 0.2) is 9.84 Å². The Balaban J connectivity index is 1.35. The maximum atomic E-state index is 13.0. The molecule has 2 aromatic heterocycles. The third-order valence-electron chi connectivity index (χ3n) is 6.28. The Kier molecular flexibility index (Phi) is 5.98. The van der Waals surface area contributed by atoms with Crippen LogP contribution >= 0.6 is 0 Å². The molecule has 0 bridgehead atoms. The van der Waals surface area contributed by atoms with Gasteiger partial charge in [0.2, 0.25) is 0 Å². The van der Waals surface area contributed by atoms with E-state index in [1.54, 1.807) is 49.1 Å². The lowest BCUT2D eigenvalue weighted by molar-refractivity contribution is -0.137. The number of ether oxygens (including phenoxy) is 1. The highest BCUT2D eigenvalue weighted by Crippen LogP contribution is 2.34. The van der Waals surface area contributed by atoms with E-state index in [0.29, 0.717) is 29.7 Å². The number of aromatic nitrogens is 3. The third-order valence-corrected chi connectivity index (χ3v) is 7.66. The minimum absolute atomic E-state index is 0.0745. The van der Waals surface area contributed by atoms with Gasteiger partial charge in [0.25, 0.3) is 0 Å². The fourth-order valence-electron chi connectivity index (χ4n) is 4.37. The average molecular weight is 523 g/mol. The maximum absolute atomic E-state index is 13.0. The highest BCUT2D eigenvalue weighted by molar-refractivity contribution is 7.94. The van der Waals surface area contributed by atoms with Gasteiger partial charge >= 0.3 is 6.18 Å². The second-order valence-electron chi connectivity index (χ2n) is 9.69. The standard InChI is InChI=1S/C24H25F3N4O4S/c1-23(2,32)21-9-15(5-7-28-21)11-31(18-6-8-36(33,34)14-18)22-20(35-22)13-30-12-16-10-17(24(25,26)27)3-4-19(16)29-30/h3-10,12,18,20,22,32H,11,13-14H2,1-2H3/t18-,20?,22?/m1/s1. The summed E-state index contributed by atoms with van der Waals surface area (Å²) in [5, 5.41) is 16.2. The largest absolute Gasteiger partial charge is 0.416 e. The first kappa shape index (κ1) is 24.9. The van der Waals surface area contributed by atoms with Crippen LogP contribution in [0.1, 0.15) is 30.7 Å². The quantitative estimate of drug-likeness (QED) is 0.476. The highest BCUT2D eigenvalue weighted by Gasteiger charge is 2.47. The molecule has 0 saturated carbocycles. The lowest BCUT2D eigenvalue weighted by Crippen LogP contribution is -2.39. The van der Waals surface area contributed by atoms with Crippen molar-refractivity contribution in [2.24, 2.45) is 0 Å². The SMILES string of the molecule is CC(C)(O)c1cc(CN(C2OC2Cn2cc3cc(C(F)(F)F)ccc3n2)[C@@H]2C=CS(=O)(=O)C2)ccn1. The summed E-state index contributed by atoms with van der Waals surface area (Å²) in [6, 6.07) is 6.57. The van der Waals surface area contributed by atoms with Gasteiger partial charge in [0.1, 0.15) is 17.9 Å². The van der Waals surface area contributed by atoms with Crippen LogP contribution in [-0.2, 0) is 39.4 Å². The van der Waals surface area contributed by atoms with Crippen LogP contribution in [0, 0.1) is 0 Å². The predicted octanol–water partition coefficient (Wildman–Crippen LogP) is 3.22. The molecule has 0 radical (unpaired) electrons. The summed E-state index contributed by atoms with van der Waals surface area (Å²) in [5.74, 6) is -0.0745. The molecule has 8 nitrogen and oxygen atoms in total. The lowest BCUT2D eigenvalue weighted by atomic mass is 10.0. The number of hydrogen-bond acceptors (Lipinski definition) is 7. The number of nitrogens with zero attached hydrogens (tertiary/aromatic N) is 4. The number of epoxide rings is 1. The van der Waals surface area contributed by atoms with E-state index < -0.39 is 39.4 Å². The summed E-state index contributed by atoms with van der Waals surface area (Å²) in [6.07, 6.45) is -0.399. The maximum Gasteiger partial charge on any atom is 0.416 e. The van der Waals surface area contributed by atoms with E-state index >= 15 is 0 Å². The van der Waals surface area contributed by atoms with Crippen LogP contribution in [0.4, 0.5) is 13.2 Å². The number of hydrogen-bond donors (Lipinski definition) is 1. The van der Waals surface area contributed by atoms with Crippen LogP contribution in [0.15, 0.2) is 54.2 Å². The fraction of sp³-hybridized carbons (Fsp3) is 0.417. The zero-order valence-corrected chi connectivity index (χ0v) is 20.4. The Morgan fingerprint density at radius 2 is 2.00 bits per heavy atom. The summed E-state index contributed by atoms with van der Waals surface area (Å²) in [5.41, 5.74) is -0.108. The Morgan fingerprint density at radius 1 is 1.22 bits per heavy atom. The second kappa shape index (κ2) is 8.65. The van der Waals surface area contributed by atoms with E-state index in [2.05, 4.69) is 10.1 Å². The average Bonchev–Trinajstić information content (AvgIpc) is 3.24. The number of rotatable bonds is 7. The monoisotopic (exact) mass is 522 g/mol. The zero-order chi connectivity index (χ0) is 25.9. The number of sulfone groups is 1. The van der Waals surface area contributed by atoms with E-state index in [0.717, 1.165) is 17.7 Å². The van der Waals surface area contributed by atoms with Crippen molar-refractivity contribution in [3.63, 3.8) is 0 Å². The minimum atomic E-state index is -4.44. The molecule has 0 amide bonds. The first-order chi connectivity index (χ1) is 16.8. The van der Waals surface area contributed by atoms with Crippen LogP contribution < -0.4 is 0 Å². The van der Waals surface area contributed by atoms with Crippen molar-refractivity contribution in [2.45, 2.75) is 57.1 Å². The summed E-state index contributed by atoms with van der Waals surface area (Å²) in [4.78, 5) is 6.15. The number of pyridine rings is 1. The van der Waals surface area contributed by atoms with Crippen molar-refractivity contribution >= 4 is 20.7 Å². The Morgan fingerprint density at radius 3 is 2.67 bits per heavy atom. The van der Waals surface area contributed by atoms with E-state index in [-0.39, 0.29) is 11.9 Å². The number of halogens is 3. The molecule has 0 aliphatic carbocycles. The summed E-state index contributed by atoms with van der Waals surface area (Å²) < 4.78 is 70.8. The molecule has 5 rings (SSSR count). The van der Waals surface area contributed by atoms with Gasteiger partial charge in [0.05, 0.1) is 29.1 Å². The molecule has 36 heavy (non-hydrogen) atoms. The Bertz CT molecular complexity index is 1430. The Labute approximate surface area is 205 Å². The fourth-order valence-corrected chi connectivity index (χ4v) is 5.68. The molecule has 2 unspecified atom stereocenters. The number of benzene rings is 1. The Hall–Kier alpha value is -2.80. The van der Waals surface area contributed by atoms with Gasteiger partial charge in [-0.15, -0.1) is 0 Å². The molecule has 192 valence electrons. The zero-order valence-electron chi connectivity index (χ0n) is 19.6. The molecule has 2 aliphatic rings.